The lowest BCUT2D eigenvalue weighted by atomic mass is 10.3. The van der Waals surface area contributed by atoms with Gasteiger partial charge in [-0.25, -0.2) is 0 Å². The maximum Gasteiger partial charge on any atom is 0.159 e. The summed E-state index contributed by atoms with van der Waals surface area (Å²) in [5.41, 5.74) is 5.17. The highest BCUT2D eigenvalue weighted by molar-refractivity contribution is 9.09. The van der Waals surface area contributed by atoms with E-state index in [1.807, 2.05) is 0 Å². The second-order valence-corrected chi connectivity index (χ2v) is 1.95. The number of hydrogen-bond acceptors (Lipinski definition) is 2. The molecule has 2 N–H and O–H groups in total. The van der Waals surface area contributed by atoms with E-state index in [4.69, 9.17) is 5.73 Å². The number of carbonyl (C=O) groups excluding carboxylic acids is 1. The first-order valence-electron chi connectivity index (χ1n) is 2.02. The van der Waals surface area contributed by atoms with Crippen LogP contribution >= 0.6 is 15.9 Å². The summed E-state index contributed by atoms with van der Waals surface area (Å²) < 4.78 is 0. The molecule has 0 amide bonds. The number of rotatable bonds is 2. The van der Waals surface area contributed by atoms with E-state index in [2.05, 4.69) is 15.9 Å². The maximum atomic E-state index is 10.3. The number of Topliss-reactive ketones (excluding diaryl/α,β-unsaturated/α-hetero) is 1. The van der Waals surface area contributed by atoms with Crippen molar-refractivity contribution in [3.63, 3.8) is 0 Å². The van der Waals surface area contributed by atoms with Crippen LogP contribution in [0.2, 0.25) is 0 Å². The van der Waals surface area contributed by atoms with Crippen LogP contribution in [0.1, 0.15) is 6.92 Å². The van der Waals surface area contributed by atoms with E-state index in [0.717, 1.165) is 0 Å². The van der Waals surface area contributed by atoms with Crippen LogP contribution in [-0.4, -0.2) is 17.2 Å². The van der Waals surface area contributed by atoms with Crippen LogP contribution in [0.4, 0.5) is 0 Å². The van der Waals surface area contributed by atoms with Gasteiger partial charge in [0.05, 0.1) is 11.4 Å². The molecule has 0 saturated heterocycles. The molecule has 0 aromatic carbocycles. The molecule has 0 saturated carbocycles. The van der Waals surface area contributed by atoms with Crippen molar-refractivity contribution in [1.82, 2.24) is 0 Å². The van der Waals surface area contributed by atoms with Gasteiger partial charge in [-0.1, -0.05) is 15.9 Å². The van der Waals surface area contributed by atoms with Crippen LogP contribution in [0.25, 0.3) is 0 Å². The largest absolute Gasteiger partial charge is 0.322 e. The van der Waals surface area contributed by atoms with Gasteiger partial charge in [0, 0.05) is 0 Å². The predicted octanol–water partition coefficient (Wildman–Crippen LogP) is 0.298. The normalized spacial score (nSPS) is 13.6. The van der Waals surface area contributed by atoms with Gasteiger partial charge in [0.1, 0.15) is 0 Å². The molecule has 0 aromatic rings. The van der Waals surface area contributed by atoms with Gasteiger partial charge in [0.25, 0.3) is 0 Å². The van der Waals surface area contributed by atoms with Crippen molar-refractivity contribution in [3.05, 3.63) is 0 Å². The molecule has 2 nitrogen and oxygen atoms in total. The van der Waals surface area contributed by atoms with Gasteiger partial charge in [-0.05, 0) is 6.92 Å². The topological polar surface area (TPSA) is 43.1 Å². The van der Waals surface area contributed by atoms with Crippen molar-refractivity contribution in [2.45, 2.75) is 13.0 Å². The van der Waals surface area contributed by atoms with Crippen LogP contribution in [0, 0.1) is 0 Å². The first-order chi connectivity index (χ1) is 3.18. The Kier molecular flexibility index (Phi) is 3.21. The average Bonchev–Trinajstić information content (AvgIpc) is 1.65. The summed E-state index contributed by atoms with van der Waals surface area (Å²) in [6, 6.07) is -0.320. The number of ketones is 1. The quantitative estimate of drug-likeness (QED) is 0.599. The van der Waals surface area contributed by atoms with Crippen molar-refractivity contribution in [2.24, 2.45) is 5.73 Å². The fourth-order valence-electron chi connectivity index (χ4n) is 0.122. The predicted molar refractivity (Wildman–Crippen MR) is 32.5 cm³/mol. The first kappa shape index (κ1) is 7.11. The van der Waals surface area contributed by atoms with E-state index < -0.39 is 0 Å². The Morgan fingerprint density at radius 1 is 2.00 bits per heavy atom. The molecule has 1 atom stereocenters. The zero-order valence-electron chi connectivity index (χ0n) is 4.15. The van der Waals surface area contributed by atoms with Crippen molar-refractivity contribution in [1.29, 1.82) is 0 Å². The third kappa shape index (κ3) is 2.76. The fraction of sp³-hybridized carbons (Fsp3) is 0.750. The van der Waals surface area contributed by atoms with Gasteiger partial charge in [-0.15, -0.1) is 0 Å². The van der Waals surface area contributed by atoms with E-state index in [0.29, 0.717) is 5.33 Å². The van der Waals surface area contributed by atoms with Gasteiger partial charge in [-0.2, -0.15) is 0 Å². The van der Waals surface area contributed by atoms with Gasteiger partial charge >= 0.3 is 0 Å². The summed E-state index contributed by atoms with van der Waals surface area (Å²) in [6.45, 7) is 1.67. The van der Waals surface area contributed by atoms with Crippen molar-refractivity contribution >= 4 is 21.7 Å². The standard InChI is InChI=1S/C4H8BrNO/c1-3(6)4(7)2-5/h3H,2,6H2,1H3/t3-/m0/s1. The third-order valence-electron chi connectivity index (χ3n) is 0.640. The lowest BCUT2D eigenvalue weighted by Gasteiger charge is -1.95. The first-order valence-corrected chi connectivity index (χ1v) is 3.15. The highest BCUT2D eigenvalue weighted by atomic mass is 79.9. The summed E-state index contributed by atoms with van der Waals surface area (Å²) in [6.07, 6.45) is 0. The molecular weight excluding hydrogens is 158 g/mol. The van der Waals surface area contributed by atoms with Gasteiger partial charge in [-0.3, -0.25) is 4.79 Å². The van der Waals surface area contributed by atoms with Gasteiger partial charge in [0.2, 0.25) is 0 Å². The molecule has 7 heavy (non-hydrogen) atoms. The Bertz CT molecular complexity index is 72.1. The summed E-state index contributed by atoms with van der Waals surface area (Å²) in [7, 11) is 0. The second kappa shape index (κ2) is 3.16. The van der Waals surface area contributed by atoms with Crippen molar-refractivity contribution in [2.75, 3.05) is 5.33 Å². The minimum atomic E-state index is -0.320. The smallest absolute Gasteiger partial charge is 0.159 e. The Labute approximate surface area is 51.2 Å². The lowest BCUT2D eigenvalue weighted by molar-refractivity contribution is -0.117. The molecule has 0 rings (SSSR count). The number of halogens is 1. The molecule has 0 spiro atoms. The summed E-state index contributed by atoms with van der Waals surface area (Å²) in [4.78, 5) is 10.3. The molecule has 0 radical (unpaired) electrons. The Morgan fingerprint density at radius 3 is 2.43 bits per heavy atom. The Hall–Kier alpha value is 0.110. The lowest BCUT2D eigenvalue weighted by Crippen LogP contribution is -2.27. The summed E-state index contributed by atoms with van der Waals surface area (Å²) in [5, 5.41) is 0.366. The minimum Gasteiger partial charge on any atom is -0.322 e. The highest BCUT2D eigenvalue weighted by Gasteiger charge is 2.02. The number of carbonyl (C=O) groups is 1. The van der Waals surface area contributed by atoms with Crippen LogP contribution in [0.15, 0.2) is 0 Å². The van der Waals surface area contributed by atoms with E-state index >= 15 is 0 Å². The van der Waals surface area contributed by atoms with Crippen LogP contribution < -0.4 is 5.73 Å². The molecule has 0 aliphatic rings. The Morgan fingerprint density at radius 2 is 2.43 bits per heavy atom. The summed E-state index contributed by atoms with van der Waals surface area (Å²) >= 11 is 2.99. The second-order valence-electron chi connectivity index (χ2n) is 1.39. The summed E-state index contributed by atoms with van der Waals surface area (Å²) in [5.74, 6) is 0.0417. The van der Waals surface area contributed by atoms with E-state index in [1.165, 1.54) is 0 Å². The van der Waals surface area contributed by atoms with E-state index in [-0.39, 0.29) is 11.8 Å². The van der Waals surface area contributed by atoms with Gasteiger partial charge in [0.15, 0.2) is 5.78 Å². The third-order valence-corrected chi connectivity index (χ3v) is 1.19. The number of alkyl halides is 1. The molecule has 0 aliphatic heterocycles. The average molecular weight is 166 g/mol. The SMILES string of the molecule is C[C@H](N)C(=O)CBr. The minimum absolute atomic E-state index is 0.0417. The zero-order chi connectivity index (χ0) is 5.86. The maximum absolute atomic E-state index is 10.3. The van der Waals surface area contributed by atoms with Crippen LogP contribution in [-0.2, 0) is 4.79 Å². The van der Waals surface area contributed by atoms with Crippen LogP contribution in [0.5, 0.6) is 0 Å². The zero-order valence-corrected chi connectivity index (χ0v) is 5.73. The van der Waals surface area contributed by atoms with E-state index in [9.17, 15) is 4.79 Å². The molecule has 0 heterocycles. The molecule has 3 heteroatoms. The molecule has 0 fully saturated rings. The molecule has 0 unspecified atom stereocenters. The number of nitrogens with two attached hydrogens (primary N) is 1. The Balaban J connectivity index is 3.35. The van der Waals surface area contributed by atoms with Crippen molar-refractivity contribution in [3.8, 4) is 0 Å². The molecule has 0 aliphatic carbocycles. The van der Waals surface area contributed by atoms with Crippen LogP contribution in [0.3, 0.4) is 0 Å². The molecule has 0 aromatic heterocycles. The fourth-order valence-corrected chi connectivity index (χ4v) is 0.632. The highest BCUT2D eigenvalue weighted by Crippen LogP contribution is 1.84. The number of hydrogen-bond donors (Lipinski definition) is 1. The molecular formula is C4H8BrNO. The monoisotopic (exact) mass is 165 g/mol. The molecule has 42 valence electrons. The molecule has 0 bridgehead atoms. The van der Waals surface area contributed by atoms with E-state index in [1.54, 1.807) is 6.92 Å². The van der Waals surface area contributed by atoms with Gasteiger partial charge < -0.3 is 5.73 Å². The van der Waals surface area contributed by atoms with Crippen molar-refractivity contribution < 1.29 is 4.79 Å².